The predicted molar refractivity (Wildman–Crippen MR) is 85.2 cm³/mol. The van der Waals surface area contributed by atoms with Gasteiger partial charge in [0, 0.05) is 37.7 Å². The number of thiophene rings is 1. The molecule has 0 aliphatic heterocycles. The zero-order valence-corrected chi connectivity index (χ0v) is 14.7. The van der Waals surface area contributed by atoms with Gasteiger partial charge in [-0.2, -0.15) is 4.31 Å². The van der Waals surface area contributed by atoms with Crippen LogP contribution in [0.5, 0.6) is 0 Å². The average Bonchev–Trinajstić information content (AvgIpc) is 3.18. The van der Waals surface area contributed by atoms with E-state index in [-0.39, 0.29) is 6.04 Å². The molecule has 120 valence electrons. The van der Waals surface area contributed by atoms with Crippen LogP contribution in [0.4, 0.5) is 0 Å². The molecule has 1 heterocycles. The van der Waals surface area contributed by atoms with Crippen LogP contribution in [0.1, 0.15) is 30.2 Å². The maximum atomic E-state index is 12.9. The topological polar surface area (TPSA) is 58.6 Å². The summed E-state index contributed by atoms with van der Waals surface area (Å²) in [5.41, 5.74) is 0.823. The molecule has 1 aliphatic rings. The van der Waals surface area contributed by atoms with Crippen LogP contribution in [0, 0.1) is 6.92 Å². The van der Waals surface area contributed by atoms with Crippen molar-refractivity contribution in [1.29, 1.82) is 0 Å². The van der Waals surface area contributed by atoms with Crippen LogP contribution in [0.2, 0.25) is 0 Å². The zero-order chi connectivity index (χ0) is 15.6. The lowest BCUT2D eigenvalue weighted by Crippen LogP contribution is -2.38. The number of rotatable bonds is 8. The highest BCUT2D eigenvalue weighted by Gasteiger charge is 2.31. The van der Waals surface area contributed by atoms with Crippen LogP contribution in [0.25, 0.3) is 0 Å². The van der Waals surface area contributed by atoms with Crippen LogP contribution in [-0.4, -0.2) is 45.6 Å². The number of likely N-dealkylation sites (N-methyl/N-ethyl adjacent to an activating group) is 1. The van der Waals surface area contributed by atoms with Crippen LogP contribution in [-0.2, 0) is 21.3 Å². The minimum absolute atomic E-state index is 0.191. The summed E-state index contributed by atoms with van der Waals surface area (Å²) in [4.78, 5) is 1.36. The molecule has 21 heavy (non-hydrogen) atoms. The highest BCUT2D eigenvalue weighted by Crippen LogP contribution is 2.31. The number of aryl methyl sites for hydroxylation is 1. The van der Waals surface area contributed by atoms with Gasteiger partial charge in [-0.25, -0.2) is 8.42 Å². The first-order valence-electron chi connectivity index (χ1n) is 7.15. The van der Waals surface area contributed by atoms with Crippen molar-refractivity contribution in [2.45, 2.75) is 50.2 Å². The molecule has 5 nitrogen and oxygen atoms in total. The lowest BCUT2D eigenvalue weighted by Gasteiger charge is -2.24. The van der Waals surface area contributed by atoms with Crippen LogP contribution < -0.4 is 5.32 Å². The van der Waals surface area contributed by atoms with E-state index in [9.17, 15) is 8.42 Å². The van der Waals surface area contributed by atoms with E-state index in [0.717, 1.165) is 10.4 Å². The van der Waals surface area contributed by atoms with Crippen molar-refractivity contribution < 1.29 is 13.2 Å². The smallest absolute Gasteiger partial charge is 0.244 e. The third-order valence-corrected chi connectivity index (χ3v) is 7.22. The van der Waals surface area contributed by atoms with Gasteiger partial charge in [-0.1, -0.05) is 0 Å². The van der Waals surface area contributed by atoms with E-state index in [0.29, 0.717) is 24.1 Å². The molecule has 0 aromatic carbocycles. The van der Waals surface area contributed by atoms with Crippen LogP contribution >= 0.6 is 11.3 Å². The molecule has 1 aromatic rings. The molecule has 0 radical (unpaired) electrons. The Balaban J connectivity index is 2.23. The van der Waals surface area contributed by atoms with Gasteiger partial charge in [0.05, 0.1) is 6.61 Å². The molecule has 1 aliphatic carbocycles. The Kier molecular flexibility index (Phi) is 5.43. The Morgan fingerprint density at radius 3 is 2.76 bits per heavy atom. The summed E-state index contributed by atoms with van der Waals surface area (Å²) in [6.07, 6.45) is 2.38. The zero-order valence-electron chi connectivity index (χ0n) is 13.0. The summed E-state index contributed by atoms with van der Waals surface area (Å²) in [5.74, 6) is 0. The number of methoxy groups -OCH3 is 1. The molecular weight excluding hydrogens is 308 g/mol. The molecular formula is C14H24N2O3S2. The fourth-order valence-corrected chi connectivity index (χ4v) is 5.26. The van der Waals surface area contributed by atoms with Crippen molar-refractivity contribution in [3.63, 3.8) is 0 Å². The molecule has 1 N–H and O–H groups in total. The fourth-order valence-electron chi connectivity index (χ4n) is 2.21. The third kappa shape index (κ3) is 3.84. The Bertz CT molecular complexity index is 579. The third-order valence-electron chi connectivity index (χ3n) is 3.78. The van der Waals surface area contributed by atoms with Gasteiger partial charge in [0.15, 0.2) is 0 Å². The summed E-state index contributed by atoms with van der Waals surface area (Å²) in [7, 11) is -0.282. The Labute approximate surface area is 131 Å². The van der Waals surface area contributed by atoms with E-state index in [1.54, 1.807) is 14.2 Å². The van der Waals surface area contributed by atoms with Crippen molar-refractivity contribution in [2.24, 2.45) is 0 Å². The molecule has 0 bridgehead atoms. The van der Waals surface area contributed by atoms with E-state index in [1.807, 2.05) is 19.2 Å². The average molecular weight is 332 g/mol. The lowest BCUT2D eigenvalue weighted by molar-refractivity contribution is 0.149. The first-order chi connectivity index (χ1) is 9.87. The van der Waals surface area contributed by atoms with Gasteiger partial charge in [0.1, 0.15) is 4.90 Å². The summed E-state index contributed by atoms with van der Waals surface area (Å²) in [6.45, 7) is 4.72. The minimum Gasteiger partial charge on any atom is -0.383 e. The van der Waals surface area contributed by atoms with E-state index < -0.39 is 10.0 Å². The fraction of sp³-hybridized carbons (Fsp3) is 0.714. The second kappa shape index (κ2) is 6.75. The molecule has 1 atom stereocenters. The first kappa shape index (κ1) is 16.9. The highest BCUT2D eigenvalue weighted by molar-refractivity contribution is 7.89. The molecule has 7 heteroatoms. The molecule has 1 fully saturated rings. The number of nitrogens with one attached hydrogen (secondary N) is 1. The van der Waals surface area contributed by atoms with Gasteiger partial charge in [0.2, 0.25) is 10.0 Å². The number of hydrogen-bond acceptors (Lipinski definition) is 5. The van der Waals surface area contributed by atoms with E-state index in [1.165, 1.54) is 28.5 Å². The molecule has 1 aromatic heterocycles. The number of hydrogen-bond donors (Lipinski definition) is 1. The van der Waals surface area contributed by atoms with Crippen molar-refractivity contribution in [3.8, 4) is 0 Å². The standard InChI is InChI=1S/C14H24N2O3S2/c1-10-9-20-13(7-15-12-5-6-12)14(10)21(17,18)16(3)11(2)8-19-4/h9,11-12,15H,5-8H2,1-4H3. The second-order valence-corrected chi connectivity index (χ2v) is 8.55. The van der Waals surface area contributed by atoms with E-state index in [2.05, 4.69) is 5.32 Å². The summed E-state index contributed by atoms with van der Waals surface area (Å²) >= 11 is 1.52. The SMILES string of the molecule is COCC(C)N(C)S(=O)(=O)c1c(C)csc1CNC1CC1. The summed E-state index contributed by atoms with van der Waals surface area (Å²) < 4.78 is 32.2. The van der Waals surface area contributed by atoms with Crippen molar-refractivity contribution in [2.75, 3.05) is 20.8 Å². The van der Waals surface area contributed by atoms with Gasteiger partial charge >= 0.3 is 0 Å². The lowest BCUT2D eigenvalue weighted by atomic mass is 10.3. The maximum Gasteiger partial charge on any atom is 0.244 e. The number of sulfonamides is 1. The Morgan fingerprint density at radius 2 is 2.19 bits per heavy atom. The van der Waals surface area contributed by atoms with Crippen molar-refractivity contribution >= 4 is 21.4 Å². The maximum absolute atomic E-state index is 12.9. The molecule has 0 amide bonds. The molecule has 0 saturated heterocycles. The highest BCUT2D eigenvalue weighted by atomic mass is 32.2. The summed E-state index contributed by atoms with van der Waals surface area (Å²) in [5, 5.41) is 5.32. The van der Waals surface area contributed by atoms with Gasteiger partial charge in [-0.3, -0.25) is 0 Å². The monoisotopic (exact) mass is 332 g/mol. The number of ether oxygens (including phenoxy) is 1. The van der Waals surface area contributed by atoms with Gasteiger partial charge in [0.25, 0.3) is 0 Å². The summed E-state index contributed by atoms with van der Waals surface area (Å²) in [6, 6.07) is 0.372. The quantitative estimate of drug-likeness (QED) is 0.791. The van der Waals surface area contributed by atoms with Crippen LogP contribution in [0.3, 0.4) is 0 Å². The molecule has 1 saturated carbocycles. The van der Waals surface area contributed by atoms with Gasteiger partial charge in [-0.15, -0.1) is 11.3 Å². The van der Waals surface area contributed by atoms with Gasteiger partial charge in [-0.05, 0) is 37.6 Å². The molecule has 1 unspecified atom stereocenters. The van der Waals surface area contributed by atoms with Crippen LogP contribution in [0.15, 0.2) is 10.3 Å². The Hall–Kier alpha value is -0.470. The molecule has 2 rings (SSSR count). The minimum atomic E-state index is -3.48. The van der Waals surface area contributed by atoms with E-state index in [4.69, 9.17) is 4.74 Å². The molecule has 0 spiro atoms. The normalized spacial score (nSPS) is 17.4. The largest absolute Gasteiger partial charge is 0.383 e. The van der Waals surface area contributed by atoms with E-state index >= 15 is 0 Å². The predicted octanol–water partition coefficient (Wildman–Crippen LogP) is 1.96. The Morgan fingerprint density at radius 1 is 1.52 bits per heavy atom. The van der Waals surface area contributed by atoms with Crippen molar-refractivity contribution in [1.82, 2.24) is 9.62 Å². The number of nitrogens with zero attached hydrogens (tertiary/aromatic N) is 1. The first-order valence-corrected chi connectivity index (χ1v) is 9.47. The van der Waals surface area contributed by atoms with Crippen molar-refractivity contribution in [3.05, 3.63) is 15.8 Å². The second-order valence-electron chi connectivity index (χ2n) is 5.65. The van der Waals surface area contributed by atoms with Gasteiger partial charge < -0.3 is 10.1 Å².